The molecule has 0 radical (unpaired) electrons. The number of nitrogens with zero attached hydrogens (tertiary/aromatic N) is 2. The van der Waals surface area contributed by atoms with Crippen molar-refractivity contribution in [2.45, 2.75) is 51.1 Å². The third kappa shape index (κ3) is 4.71. The number of allylic oxidation sites excluding steroid dienone is 11. The van der Waals surface area contributed by atoms with Gasteiger partial charge in [0.05, 0.1) is 22.1 Å². The third-order valence-corrected chi connectivity index (χ3v) is 9.98. The molecule has 0 saturated carbocycles. The summed E-state index contributed by atoms with van der Waals surface area (Å²) in [6.45, 7) is 0. The molecule has 4 heteroatoms. The molecule has 2 atom stereocenters. The van der Waals surface area contributed by atoms with E-state index in [2.05, 4.69) is 131 Å². The molecule has 46 heavy (non-hydrogen) atoms. The van der Waals surface area contributed by atoms with Gasteiger partial charge in [-0.2, -0.15) is 0 Å². The second-order valence-electron chi connectivity index (χ2n) is 12.9. The number of rotatable bonds is 5. The van der Waals surface area contributed by atoms with E-state index < -0.39 is 0 Å². The third-order valence-electron chi connectivity index (χ3n) is 9.98. The lowest BCUT2D eigenvalue weighted by molar-refractivity contribution is 0.558. The van der Waals surface area contributed by atoms with Gasteiger partial charge in [0.1, 0.15) is 17.5 Å². The SMILES string of the molecule is C1=CCCC(c2cc3ccc4c(c5ccccc5n4-c4ccc(C5N=C(C6=CCCCC6)C=C(C6C=CC=CC6)N5)cc4)c3o2)=C1. The highest BCUT2D eigenvalue weighted by atomic mass is 16.3. The van der Waals surface area contributed by atoms with E-state index in [9.17, 15) is 0 Å². The molecule has 0 amide bonds. The van der Waals surface area contributed by atoms with Crippen molar-refractivity contribution in [3.05, 3.63) is 144 Å². The molecule has 1 aliphatic heterocycles. The van der Waals surface area contributed by atoms with Crippen LogP contribution in [0.4, 0.5) is 0 Å². The van der Waals surface area contributed by atoms with Crippen LogP contribution >= 0.6 is 0 Å². The van der Waals surface area contributed by atoms with Gasteiger partial charge in [-0.05, 0) is 104 Å². The molecule has 2 aromatic heterocycles. The van der Waals surface area contributed by atoms with Gasteiger partial charge in [0.2, 0.25) is 0 Å². The molecule has 0 saturated heterocycles. The van der Waals surface area contributed by atoms with Crippen molar-refractivity contribution in [1.29, 1.82) is 0 Å². The van der Waals surface area contributed by atoms with Crippen LogP contribution < -0.4 is 5.32 Å². The number of nitrogens with one attached hydrogen (secondary N) is 1. The summed E-state index contributed by atoms with van der Waals surface area (Å²) in [6.07, 6.45) is 27.9. The molecule has 0 bridgehead atoms. The van der Waals surface area contributed by atoms with Gasteiger partial charge in [-0.25, -0.2) is 0 Å². The first kappa shape index (κ1) is 27.2. The first-order valence-corrected chi connectivity index (χ1v) is 16.8. The van der Waals surface area contributed by atoms with Crippen molar-refractivity contribution in [3.8, 4) is 5.69 Å². The molecule has 226 valence electrons. The minimum Gasteiger partial charge on any atom is -0.456 e. The Kier molecular flexibility index (Phi) is 6.73. The fourth-order valence-corrected chi connectivity index (χ4v) is 7.58. The van der Waals surface area contributed by atoms with Gasteiger partial charge < -0.3 is 14.3 Å². The first-order chi connectivity index (χ1) is 22.8. The number of benzene rings is 3. The van der Waals surface area contributed by atoms with Crippen LogP contribution in [0.3, 0.4) is 0 Å². The standard InChI is InChI=1S/C42H37N3O/c1-4-12-28(13-5-1)35-27-36(29-14-6-2-7-15-29)44-42(43-35)31-20-23-33(24-21-31)45-37-19-11-10-18-34(37)40-38(45)25-22-32-26-39(46-41(32)40)30-16-8-3-9-17-30/h1,3-5,8,10-12,14,16,18-28,42-43H,2,6-7,9,13,15,17H2. The largest absolute Gasteiger partial charge is 0.456 e. The van der Waals surface area contributed by atoms with Gasteiger partial charge in [0, 0.05) is 28.1 Å². The maximum absolute atomic E-state index is 6.64. The molecule has 4 nitrogen and oxygen atoms in total. The fourth-order valence-electron chi connectivity index (χ4n) is 7.58. The zero-order valence-corrected chi connectivity index (χ0v) is 26.0. The molecule has 0 spiro atoms. The predicted octanol–water partition coefficient (Wildman–Crippen LogP) is 10.8. The summed E-state index contributed by atoms with van der Waals surface area (Å²) in [7, 11) is 0. The van der Waals surface area contributed by atoms with Gasteiger partial charge in [0.25, 0.3) is 0 Å². The van der Waals surface area contributed by atoms with Gasteiger partial charge in [0.15, 0.2) is 0 Å². The van der Waals surface area contributed by atoms with E-state index in [1.807, 2.05) is 0 Å². The molecule has 0 fully saturated rings. The number of para-hydroxylation sites is 1. The van der Waals surface area contributed by atoms with E-state index in [1.165, 1.54) is 51.5 Å². The van der Waals surface area contributed by atoms with E-state index in [4.69, 9.17) is 9.41 Å². The summed E-state index contributed by atoms with van der Waals surface area (Å²) in [5.74, 6) is 1.33. The molecule has 9 rings (SSSR count). The average Bonchev–Trinajstić information content (AvgIpc) is 3.72. The highest BCUT2D eigenvalue weighted by Gasteiger charge is 2.25. The predicted molar refractivity (Wildman–Crippen MR) is 191 cm³/mol. The molecule has 3 aliphatic carbocycles. The molecule has 3 heterocycles. The van der Waals surface area contributed by atoms with Crippen molar-refractivity contribution in [2.75, 3.05) is 0 Å². The number of hydrogen-bond acceptors (Lipinski definition) is 3. The Morgan fingerprint density at radius 3 is 2.59 bits per heavy atom. The summed E-state index contributed by atoms with van der Waals surface area (Å²) < 4.78 is 9.01. The van der Waals surface area contributed by atoms with Gasteiger partial charge >= 0.3 is 0 Å². The van der Waals surface area contributed by atoms with Crippen LogP contribution in [0.2, 0.25) is 0 Å². The van der Waals surface area contributed by atoms with E-state index >= 15 is 0 Å². The van der Waals surface area contributed by atoms with Crippen LogP contribution in [-0.4, -0.2) is 10.3 Å². The van der Waals surface area contributed by atoms with Gasteiger partial charge in [-0.1, -0.05) is 78.9 Å². The molecule has 1 N–H and O–H groups in total. The smallest absolute Gasteiger partial charge is 0.145 e. The number of hydrogen-bond donors (Lipinski definition) is 1. The number of furan rings is 1. The highest BCUT2D eigenvalue weighted by Crippen LogP contribution is 2.40. The maximum atomic E-state index is 6.64. The molecular formula is C42H37N3O. The Labute approximate surface area is 269 Å². The van der Waals surface area contributed by atoms with Crippen LogP contribution in [0.5, 0.6) is 0 Å². The highest BCUT2D eigenvalue weighted by molar-refractivity contribution is 6.19. The Balaban J connectivity index is 1.11. The Bertz CT molecular complexity index is 2210. The summed E-state index contributed by atoms with van der Waals surface area (Å²) in [5.41, 5.74) is 10.7. The molecule has 4 aliphatic rings. The second-order valence-corrected chi connectivity index (χ2v) is 12.9. The summed E-state index contributed by atoms with van der Waals surface area (Å²) in [6, 6.07) is 24.3. The second kappa shape index (κ2) is 11.4. The quantitative estimate of drug-likeness (QED) is 0.218. The van der Waals surface area contributed by atoms with Crippen molar-refractivity contribution >= 4 is 44.1 Å². The van der Waals surface area contributed by atoms with Gasteiger partial charge in [-0.3, -0.25) is 4.99 Å². The number of aromatic nitrogens is 1. The first-order valence-electron chi connectivity index (χ1n) is 16.8. The normalized spacial score (nSPS) is 21.3. The zero-order chi connectivity index (χ0) is 30.5. The van der Waals surface area contributed by atoms with Gasteiger partial charge in [-0.15, -0.1) is 0 Å². The lowest BCUT2D eigenvalue weighted by Crippen LogP contribution is -2.29. The van der Waals surface area contributed by atoms with Crippen LogP contribution in [0.1, 0.15) is 62.4 Å². The maximum Gasteiger partial charge on any atom is 0.145 e. The Hall–Kier alpha value is -5.09. The van der Waals surface area contributed by atoms with Crippen molar-refractivity contribution < 1.29 is 4.42 Å². The van der Waals surface area contributed by atoms with Crippen LogP contribution in [0, 0.1) is 5.92 Å². The number of aliphatic imine (C=N–C) groups is 1. The zero-order valence-electron chi connectivity index (χ0n) is 26.0. The average molecular weight is 600 g/mol. The Morgan fingerprint density at radius 2 is 1.76 bits per heavy atom. The van der Waals surface area contributed by atoms with E-state index in [-0.39, 0.29) is 6.17 Å². The van der Waals surface area contributed by atoms with Crippen LogP contribution in [0.15, 0.2) is 142 Å². The van der Waals surface area contributed by atoms with Crippen LogP contribution in [0.25, 0.3) is 44.0 Å². The number of fused-ring (bicyclic) bond motifs is 5. The van der Waals surface area contributed by atoms with Crippen LogP contribution in [-0.2, 0) is 0 Å². The van der Waals surface area contributed by atoms with Crippen molar-refractivity contribution in [2.24, 2.45) is 10.9 Å². The molecule has 5 aromatic rings. The summed E-state index contributed by atoms with van der Waals surface area (Å²) >= 11 is 0. The molecule has 3 aromatic carbocycles. The van der Waals surface area contributed by atoms with Crippen molar-refractivity contribution in [1.82, 2.24) is 9.88 Å². The summed E-state index contributed by atoms with van der Waals surface area (Å²) in [5, 5.41) is 7.33. The molecular weight excluding hydrogens is 562 g/mol. The molecule has 2 unspecified atom stereocenters. The van der Waals surface area contributed by atoms with E-state index in [1.54, 1.807) is 0 Å². The lowest BCUT2D eigenvalue weighted by Gasteiger charge is -2.29. The fraction of sp³-hybridized carbons (Fsp3) is 0.214. The van der Waals surface area contributed by atoms with E-state index in [0.29, 0.717) is 5.92 Å². The minimum absolute atomic E-state index is 0.116. The van der Waals surface area contributed by atoms with E-state index in [0.717, 1.165) is 65.7 Å². The topological polar surface area (TPSA) is 42.5 Å². The monoisotopic (exact) mass is 599 g/mol. The Morgan fingerprint density at radius 1 is 0.826 bits per heavy atom. The lowest BCUT2D eigenvalue weighted by atomic mass is 9.90. The van der Waals surface area contributed by atoms with Crippen molar-refractivity contribution in [3.63, 3.8) is 0 Å². The minimum atomic E-state index is -0.116. The summed E-state index contributed by atoms with van der Waals surface area (Å²) in [4.78, 5) is 5.28.